The summed E-state index contributed by atoms with van der Waals surface area (Å²) in [5, 5.41) is 0. The van der Waals surface area contributed by atoms with Crippen molar-refractivity contribution >= 4 is 5.91 Å². The Labute approximate surface area is 127 Å². The minimum absolute atomic E-state index is 0.378. The van der Waals surface area contributed by atoms with Gasteiger partial charge in [0.1, 0.15) is 0 Å². The van der Waals surface area contributed by atoms with E-state index in [9.17, 15) is 4.79 Å². The molecule has 1 aromatic rings. The van der Waals surface area contributed by atoms with Crippen molar-refractivity contribution in [1.29, 1.82) is 0 Å². The summed E-state index contributed by atoms with van der Waals surface area (Å²) in [5.41, 5.74) is 1.25. The number of piperazine rings is 1. The lowest BCUT2D eigenvalue weighted by atomic mass is 10.0. The minimum atomic E-state index is 0.378. The van der Waals surface area contributed by atoms with Gasteiger partial charge in [-0.25, -0.2) is 0 Å². The van der Waals surface area contributed by atoms with E-state index in [-0.39, 0.29) is 0 Å². The minimum Gasteiger partial charge on any atom is -0.340 e. The lowest BCUT2D eigenvalue weighted by Gasteiger charge is -2.35. The van der Waals surface area contributed by atoms with Crippen LogP contribution in [0.2, 0.25) is 0 Å². The number of hydrogen-bond acceptors (Lipinski definition) is 3. The molecule has 3 rings (SSSR count). The molecule has 0 bridgehead atoms. The smallest absolute Gasteiger partial charge is 0.222 e. The second kappa shape index (κ2) is 7.03. The zero-order valence-electron chi connectivity index (χ0n) is 12.7. The second-order valence-corrected chi connectivity index (χ2v) is 6.37. The molecule has 1 aliphatic heterocycles. The van der Waals surface area contributed by atoms with Gasteiger partial charge in [-0.2, -0.15) is 0 Å². The standard InChI is InChI=1S/C17H25N3O/c21-17(12-15-4-1-2-5-15)20-10-8-19(9-11-20)14-16-6-3-7-18-13-16/h3,6-7,13,15H,1-2,4-5,8-12,14H2. The van der Waals surface area contributed by atoms with Gasteiger partial charge in [-0.1, -0.05) is 18.9 Å². The summed E-state index contributed by atoms with van der Waals surface area (Å²) >= 11 is 0. The predicted molar refractivity (Wildman–Crippen MR) is 82.7 cm³/mol. The highest BCUT2D eigenvalue weighted by molar-refractivity contribution is 5.76. The fourth-order valence-electron chi connectivity index (χ4n) is 3.50. The van der Waals surface area contributed by atoms with Crippen molar-refractivity contribution in [1.82, 2.24) is 14.8 Å². The molecule has 21 heavy (non-hydrogen) atoms. The number of pyridine rings is 1. The average molecular weight is 287 g/mol. The molecule has 1 aliphatic carbocycles. The van der Waals surface area contributed by atoms with Gasteiger partial charge in [-0.15, -0.1) is 0 Å². The molecule has 0 aromatic carbocycles. The van der Waals surface area contributed by atoms with Gasteiger partial charge in [-0.05, 0) is 30.4 Å². The maximum Gasteiger partial charge on any atom is 0.222 e. The first-order valence-electron chi connectivity index (χ1n) is 8.20. The number of carbonyl (C=O) groups is 1. The number of carbonyl (C=O) groups excluding carboxylic acids is 1. The van der Waals surface area contributed by atoms with E-state index in [0.29, 0.717) is 11.8 Å². The Kier molecular flexibility index (Phi) is 4.86. The van der Waals surface area contributed by atoms with E-state index in [0.717, 1.165) is 39.1 Å². The molecule has 1 amide bonds. The van der Waals surface area contributed by atoms with E-state index in [1.807, 2.05) is 18.5 Å². The molecule has 0 unspecified atom stereocenters. The largest absolute Gasteiger partial charge is 0.340 e. The molecule has 1 saturated heterocycles. The second-order valence-electron chi connectivity index (χ2n) is 6.37. The van der Waals surface area contributed by atoms with Crippen LogP contribution in [0.4, 0.5) is 0 Å². The maximum absolute atomic E-state index is 12.3. The Morgan fingerprint density at radius 2 is 1.95 bits per heavy atom. The Bertz CT molecular complexity index is 448. The summed E-state index contributed by atoms with van der Waals surface area (Å²) in [7, 11) is 0. The van der Waals surface area contributed by atoms with Crippen molar-refractivity contribution in [3.05, 3.63) is 30.1 Å². The van der Waals surface area contributed by atoms with Crippen molar-refractivity contribution in [2.45, 2.75) is 38.6 Å². The fraction of sp³-hybridized carbons (Fsp3) is 0.647. The van der Waals surface area contributed by atoms with E-state index < -0.39 is 0 Å². The molecule has 0 atom stereocenters. The first-order chi connectivity index (χ1) is 10.3. The Morgan fingerprint density at radius 1 is 1.19 bits per heavy atom. The number of nitrogens with zero attached hydrogens (tertiary/aromatic N) is 3. The summed E-state index contributed by atoms with van der Waals surface area (Å²) in [6.45, 7) is 4.66. The lowest BCUT2D eigenvalue weighted by Crippen LogP contribution is -2.48. The molecule has 4 nitrogen and oxygen atoms in total. The van der Waals surface area contributed by atoms with E-state index in [1.165, 1.54) is 31.2 Å². The molecule has 2 heterocycles. The molecule has 0 N–H and O–H groups in total. The third-order valence-corrected chi connectivity index (χ3v) is 4.79. The van der Waals surface area contributed by atoms with Gasteiger partial charge in [0, 0.05) is 51.5 Å². The first kappa shape index (κ1) is 14.5. The highest BCUT2D eigenvalue weighted by Crippen LogP contribution is 2.28. The predicted octanol–water partition coefficient (Wildman–Crippen LogP) is 2.31. The van der Waals surface area contributed by atoms with Gasteiger partial charge in [-0.3, -0.25) is 14.7 Å². The zero-order valence-corrected chi connectivity index (χ0v) is 12.7. The van der Waals surface area contributed by atoms with Crippen LogP contribution in [0.25, 0.3) is 0 Å². The van der Waals surface area contributed by atoms with Crippen LogP contribution in [0, 0.1) is 5.92 Å². The lowest BCUT2D eigenvalue weighted by molar-refractivity contribution is -0.134. The maximum atomic E-state index is 12.3. The molecular formula is C17H25N3O. The Morgan fingerprint density at radius 3 is 2.62 bits per heavy atom. The van der Waals surface area contributed by atoms with Crippen LogP contribution in [0.1, 0.15) is 37.7 Å². The third-order valence-electron chi connectivity index (χ3n) is 4.79. The van der Waals surface area contributed by atoms with E-state index >= 15 is 0 Å². The van der Waals surface area contributed by atoms with Crippen molar-refractivity contribution < 1.29 is 4.79 Å². The molecule has 1 saturated carbocycles. The van der Waals surface area contributed by atoms with E-state index in [1.54, 1.807) is 0 Å². The van der Waals surface area contributed by atoms with Crippen molar-refractivity contribution in [2.75, 3.05) is 26.2 Å². The van der Waals surface area contributed by atoms with Gasteiger partial charge in [0.25, 0.3) is 0 Å². The molecular weight excluding hydrogens is 262 g/mol. The normalized spacial score (nSPS) is 20.9. The zero-order chi connectivity index (χ0) is 14.5. The fourth-order valence-corrected chi connectivity index (χ4v) is 3.50. The first-order valence-corrected chi connectivity index (χ1v) is 8.20. The van der Waals surface area contributed by atoms with E-state index in [2.05, 4.69) is 20.9 Å². The summed E-state index contributed by atoms with van der Waals surface area (Å²) in [6.07, 6.45) is 9.66. The Hall–Kier alpha value is -1.42. The summed E-state index contributed by atoms with van der Waals surface area (Å²) in [5.74, 6) is 1.04. The Balaban J connectivity index is 1.43. The molecule has 4 heteroatoms. The summed E-state index contributed by atoms with van der Waals surface area (Å²) in [6, 6.07) is 4.10. The summed E-state index contributed by atoms with van der Waals surface area (Å²) in [4.78, 5) is 21.0. The van der Waals surface area contributed by atoms with Crippen LogP contribution < -0.4 is 0 Å². The molecule has 0 spiro atoms. The summed E-state index contributed by atoms with van der Waals surface area (Å²) < 4.78 is 0. The van der Waals surface area contributed by atoms with Crippen LogP contribution in [0.5, 0.6) is 0 Å². The van der Waals surface area contributed by atoms with Crippen LogP contribution in [0.3, 0.4) is 0 Å². The van der Waals surface area contributed by atoms with Crippen LogP contribution >= 0.6 is 0 Å². The SMILES string of the molecule is O=C(CC1CCCC1)N1CCN(Cc2cccnc2)CC1. The molecule has 0 radical (unpaired) electrons. The number of aromatic nitrogens is 1. The topological polar surface area (TPSA) is 36.4 Å². The third kappa shape index (κ3) is 4.03. The number of amides is 1. The van der Waals surface area contributed by atoms with E-state index in [4.69, 9.17) is 0 Å². The van der Waals surface area contributed by atoms with Gasteiger partial charge in [0.15, 0.2) is 0 Å². The van der Waals surface area contributed by atoms with Crippen molar-refractivity contribution in [3.8, 4) is 0 Å². The quantitative estimate of drug-likeness (QED) is 0.852. The van der Waals surface area contributed by atoms with Crippen LogP contribution in [-0.2, 0) is 11.3 Å². The van der Waals surface area contributed by atoms with Gasteiger partial charge < -0.3 is 4.90 Å². The van der Waals surface area contributed by atoms with Crippen LogP contribution in [0.15, 0.2) is 24.5 Å². The molecule has 114 valence electrons. The molecule has 1 aromatic heterocycles. The van der Waals surface area contributed by atoms with Crippen molar-refractivity contribution in [2.24, 2.45) is 5.92 Å². The van der Waals surface area contributed by atoms with Gasteiger partial charge >= 0.3 is 0 Å². The van der Waals surface area contributed by atoms with Gasteiger partial charge in [0.2, 0.25) is 5.91 Å². The number of rotatable bonds is 4. The monoisotopic (exact) mass is 287 g/mol. The number of hydrogen-bond donors (Lipinski definition) is 0. The van der Waals surface area contributed by atoms with Crippen molar-refractivity contribution in [3.63, 3.8) is 0 Å². The van der Waals surface area contributed by atoms with Crippen LogP contribution in [-0.4, -0.2) is 46.9 Å². The van der Waals surface area contributed by atoms with Gasteiger partial charge in [0.05, 0.1) is 0 Å². The molecule has 2 aliphatic rings. The average Bonchev–Trinajstić information content (AvgIpc) is 3.02. The highest BCUT2D eigenvalue weighted by atomic mass is 16.2. The highest BCUT2D eigenvalue weighted by Gasteiger charge is 2.25. The molecule has 2 fully saturated rings.